The van der Waals surface area contributed by atoms with Gasteiger partial charge in [0.25, 0.3) is 0 Å². The van der Waals surface area contributed by atoms with E-state index < -0.39 is 0 Å². The predicted octanol–water partition coefficient (Wildman–Crippen LogP) is 3.83. The molecular formula is C25H26N2O2S. The Bertz CT molecular complexity index is 1140. The standard InChI is InChI=1S/C25H26N2O2S/c1-16-7-9-21(12-18(16)3)24(29)23(27-11-5-6-20(14-27)15-28)25(30)26-22-10-8-17(2)19(4)13-22/h5-14,28H,15H2,1-4H3,(H-,26,29,30). The third kappa shape index (κ3) is 4.75. The van der Waals surface area contributed by atoms with Crippen LogP contribution in [0.2, 0.25) is 0 Å². The van der Waals surface area contributed by atoms with Crippen molar-refractivity contribution in [2.45, 2.75) is 34.3 Å². The number of benzene rings is 2. The first-order valence-electron chi connectivity index (χ1n) is 9.79. The summed E-state index contributed by atoms with van der Waals surface area (Å²) in [6.07, 6.45) is 3.49. The van der Waals surface area contributed by atoms with Gasteiger partial charge in [0.15, 0.2) is 17.4 Å². The van der Waals surface area contributed by atoms with Crippen molar-refractivity contribution in [3.05, 3.63) is 94.3 Å². The maximum Gasteiger partial charge on any atom is 0.238 e. The van der Waals surface area contributed by atoms with Crippen molar-refractivity contribution >= 4 is 34.3 Å². The number of nitrogens with one attached hydrogen (secondary N) is 1. The highest BCUT2D eigenvalue weighted by Gasteiger charge is 2.20. The van der Waals surface area contributed by atoms with Gasteiger partial charge in [-0.05, 0) is 79.5 Å². The molecule has 3 rings (SSSR count). The molecule has 0 saturated carbocycles. The van der Waals surface area contributed by atoms with Crippen LogP contribution in [0, 0.1) is 27.7 Å². The minimum atomic E-state index is -0.181. The molecule has 5 heteroatoms. The molecule has 2 N–H and O–H groups in total. The summed E-state index contributed by atoms with van der Waals surface area (Å²) in [5.74, 6) is -0.181. The number of hydrogen-bond donors (Lipinski definition) is 2. The number of aliphatic hydroxyl groups excluding tert-OH is 1. The van der Waals surface area contributed by atoms with E-state index in [9.17, 15) is 10.2 Å². The van der Waals surface area contributed by atoms with Crippen molar-refractivity contribution in [2.75, 3.05) is 5.32 Å². The Hall–Kier alpha value is -3.02. The second-order valence-electron chi connectivity index (χ2n) is 7.51. The van der Waals surface area contributed by atoms with Crippen molar-refractivity contribution in [1.82, 2.24) is 0 Å². The molecule has 0 amide bonds. The van der Waals surface area contributed by atoms with Gasteiger partial charge < -0.3 is 15.5 Å². The third-order valence-electron chi connectivity index (χ3n) is 5.27. The van der Waals surface area contributed by atoms with Gasteiger partial charge in [-0.15, -0.1) is 0 Å². The Morgan fingerprint density at radius 3 is 2.27 bits per heavy atom. The quantitative estimate of drug-likeness (QED) is 0.286. The van der Waals surface area contributed by atoms with E-state index in [0.717, 1.165) is 22.4 Å². The molecule has 30 heavy (non-hydrogen) atoms. The Labute approximate surface area is 183 Å². The Kier molecular flexibility index (Phi) is 6.65. The van der Waals surface area contributed by atoms with E-state index in [1.807, 2.05) is 57.2 Å². The maximum absolute atomic E-state index is 13.5. The molecule has 1 heterocycles. The summed E-state index contributed by atoms with van der Waals surface area (Å²) in [4.78, 5) is 0.321. The highest BCUT2D eigenvalue weighted by atomic mass is 32.1. The monoisotopic (exact) mass is 418 g/mol. The second-order valence-corrected chi connectivity index (χ2v) is 7.92. The predicted molar refractivity (Wildman–Crippen MR) is 124 cm³/mol. The molecule has 0 spiro atoms. The summed E-state index contributed by atoms with van der Waals surface area (Å²) >= 11 is 5.68. The van der Waals surface area contributed by atoms with Gasteiger partial charge in [0, 0.05) is 17.3 Å². The van der Waals surface area contributed by atoms with E-state index >= 15 is 0 Å². The smallest absolute Gasteiger partial charge is 0.238 e. The van der Waals surface area contributed by atoms with E-state index in [1.54, 1.807) is 29.1 Å². The van der Waals surface area contributed by atoms with Crippen LogP contribution in [-0.4, -0.2) is 10.1 Å². The molecule has 0 aliphatic carbocycles. The molecule has 0 fully saturated rings. The molecular weight excluding hydrogens is 392 g/mol. The fourth-order valence-electron chi connectivity index (χ4n) is 3.12. The zero-order chi connectivity index (χ0) is 21.8. The second kappa shape index (κ2) is 9.20. The minimum absolute atomic E-state index is 0.122. The minimum Gasteiger partial charge on any atom is -0.867 e. The lowest BCUT2D eigenvalue weighted by atomic mass is 10.0. The molecule has 2 aromatic carbocycles. The van der Waals surface area contributed by atoms with Gasteiger partial charge in [0.1, 0.15) is 0 Å². The molecule has 0 saturated heterocycles. The Morgan fingerprint density at radius 1 is 0.967 bits per heavy atom. The van der Waals surface area contributed by atoms with Crippen LogP contribution in [0.1, 0.15) is 33.4 Å². The molecule has 0 radical (unpaired) electrons. The molecule has 1 aromatic heterocycles. The van der Waals surface area contributed by atoms with Gasteiger partial charge in [-0.1, -0.05) is 36.5 Å². The van der Waals surface area contributed by atoms with Gasteiger partial charge in [-0.3, -0.25) is 0 Å². The Morgan fingerprint density at radius 2 is 1.63 bits per heavy atom. The summed E-state index contributed by atoms with van der Waals surface area (Å²) in [6.45, 7) is 7.96. The zero-order valence-electron chi connectivity index (χ0n) is 17.7. The lowest BCUT2D eigenvalue weighted by Gasteiger charge is -2.18. The lowest BCUT2D eigenvalue weighted by molar-refractivity contribution is -0.578. The Balaban J connectivity index is 2.11. The number of aromatic nitrogens is 1. The first-order valence-corrected chi connectivity index (χ1v) is 10.2. The van der Waals surface area contributed by atoms with Crippen molar-refractivity contribution < 1.29 is 14.8 Å². The van der Waals surface area contributed by atoms with E-state index in [-0.39, 0.29) is 12.4 Å². The average molecular weight is 419 g/mol. The average Bonchev–Trinajstić information content (AvgIpc) is 2.73. The lowest BCUT2D eigenvalue weighted by Crippen LogP contribution is -2.40. The first kappa shape index (κ1) is 21.7. The number of pyridine rings is 1. The summed E-state index contributed by atoms with van der Waals surface area (Å²) < 4.78 is 1.68. The van der Waals surface area contributed by atoms with Crippen LogP contribution < -0.4 is 15.0 Å². The van der Waals surface area contributed by atoms with Crippen molar-refractivity contribution in [1.29, 1.82) is 0 Å². The molecule has 0 bridgehead atoms. The molecule has 3 aromatic rings. The van der Waals surface area contributed by atoms with Gasteiger partial charge in [-0.25, -0.2) is 0 Å². The van der Waals surface area contributed by atoms with Crippen LogP contribution >= 0.6 is 12.2 Å². The number of hydrogen-bond acceptors (Lipinski definition) is 3. The number of nitrogens with zero attached hydrogens (tertiary/aromatic N) is 1. The zero-order valence-corrected chi connectivity index (χ0v) is 18.5. The summed E-state index contributed by atoms with van der Waals surface area (Å²) in [7, 11) is 0. The van der Waals surface area contributed by atoms with Crippen LogP contribution in [0.15, 0.2) is 60.9 Å². The van der Waals surface area contributed by atoms with Gasteiger partial charge >= 0.3 is 0 Å². The van der Waals surface area contributed by atoms with Crippen molar-refractivity contribution in [3.8, 4) is 0 Å². The van der Waals surface area contributed by atoms with Gasteiger partial charge in [0.05, 0.1) is 6.61 Å². The number of aryl methyl sites for hydroxylation is 4. The van der Waals surface area contributed by atoms with Gasteiger partial charge in [-0.2, -0.15) is 4.57 Å². The van der Waals surface area contributed by atoms with Crippen LogP contribution in [0.25, 0.3) is 11.5 Å². The van der Waals surface area contributed by atoms with Crippen LogP contribution in [0.4, 0.5) is 5.69 Å². The van der Waals surface area contributed by atoms with E-state index in [2.05, 4.69) is 12.2 Å². The molecule has 0 aliphatic heterocycles. The third-order valence-corrected chi connectivity index (χ3v) is 5.56. The SMILES string of the molecule is Cc1ccc(NC(=S)C(=C([O-])c2ccc(C)c(C)c2)[n+]2cccc(CO)c2)cc1C. The van der Waals surface area contributed by atoms with Crippen molar-refractivity contribution in [3.63, 3.8) is 0 Å². The van der Waals surface area contributed by atoms with Crippen LogP contribution in [-0.2, 0) is 6.61 Å². The van der Waals surface area contributed by atoms with E-state index in [4.69, 9.17) is 12.2 Å². The van der Waals surface area contributed by atoms with E-state index in [1.165, 1.54) is 5.56 Å². The summed E-state index contributed by atoms with van der Waals surface area (Å²) in [5.41, 5.74) is 6.91. The molecule has 0 unspecified atom stereocenters. The topological polar surface area (TPSA) is 59.2 Å². The summed E-state index contributed by atoms with van der Waals surface area (Å²) in [6, 6.07) is 15.2. The highest BCUT2D eigenvalue weighted by Crippen LogP contribution is 2.21. The van der Waals surface area contributed by atoms with Crippen LogP contribution in [0.5, 0.6) is 0 Å². The van der Waals surface area contributed by atoms with E-state index in [0.29, 0.717) is 21.8 Å². The first-order chi connectivity index (χ1) is 14.3. The number of aliphatic hydroxyl groups is 1. The summed E-state index contributed by atoms with van der Waals surface area (Å²) in [5, 5.41) is 26.3. The van der Waals surface area contributed by atoms with Crippen LogP contribution in [0.3, 0.4) is 0 Å². The fourth-order valence-corrected chi connectivity index (χ4v) is 3.44. The number of anilines is 1. The maximum atomic E-state index is 13.5. The molecule has 0 atom stereocenters. The normalized spacial score (nSPS) is 11.8. The largest absolute Gasteiger partial charge is 0.867 e. The molecule has 4 nitrogen and oxygen atoms in total. The number of thiocarbonyl (C=S) groups is 1. The number of rotatable bonds is 5. The van der Waals surface area contributed by atoms with Crippen molar-refractivity contribution in [2.24, 2.45) is 0 Å². The fraction of sp³-hybridized carbons (Fsp3) is 0.200. The molecule has 0 aliphatic rings. The van der Waals surface area contributed by atoms with Gasteiger partial charge in [0.2, 0.25) is 5.70 Å². The highest BCUT2D eigenvalue weighted by molar-refractivity contribution is 7.81. The molecule has 154 valence electrons.